The van der Waals surface area contributed by atoms with Gasteiger partial charge >= 0.3 is 0 Å². The number of thiophene rings is 1. The Bertz CT molecular complexity index is 698. The molecular weight excluding hydrogens is 312 g/mol. The van der Waals surface area contributed by atoms with Gasteiger partial charge in [0.1, 0.15) is 18.5 Å². The number of nitrogens with zero attached hydrogens (tertiary/aromatic N) is 2. The second-order valence-corrected chi connectivity index (χ2v) is 6.04. The Morgan fingerprint density at radius 3 is 2.91 bits per heavy atom. The first-order valence-corrected chi connectivity index (χ1v) is 8.20. The minimum absolute atomic E-state index is 0.188. The fourth-order valence-corrected chi connectivity index (χ4v) is 2.71. The largest absolute Gasteiger partial charge is 0.491 e. The standard InChI is InChI=1S/C17H18N2O3S/c20-15(11-21-13-17-6-2-9-23-17)12-22-16-5-1-4-14(10-16)19-8-3-7-18-19/h1-10,15,20H,11-13H2. The van der Waals surface area contributed by atoms with Crippen LogP contribution < -0.4 is 4.74 Å². The van der Waals surface area contributed by atoms with Gasteiger partial charge in [0.2, 0.25) is 0 Å². The maximum Gasteiger partial charge on any atom is 0.121 e. The predicted octanol–water partition coefficient (Wildman–Crippen LogP) is 2.89. The van der Waals surface area contributed by atoms with Gasteiger partial charge in [0, 0.05) is 23.3 Å². The highest BCUT2D eigenvalue weighted by Gasteiger charge is 2.07. The van der Waals surface area contributed by atoms with Crippen LogP contribution in [0.15, 0.2) is 60.2 Å². The number of hydrogen-bond donors (Lipinski definition) is 1. The zero-order valence-corrected chi connectivity index (χ0v) is 13.4. The quantitative estimate of drug-likeness (QED) is 0.690. The van der Waals surface area contributed by atoms with Crippen LogP contribution in [0.1, 0.15) is 4.88 Å². The molecule has 6 heteroatoms. The van der Waals surface area contributed by atoms with Crippen molar-refractivity contribution < 1.29 is 14.6 Å². The van der Waals surface area contributed by atoms with E-state index >= 15 is 0 Å². The van der Waals surface area contributed by atoms with E-state index in [1.165, 1.54) is 0 Å². The van der Waals surface area contributed by atoms with E-state index < -0.39 is 6.10 Å². The second-order valence-electron chi connectivity index (χ2n) is 5.01. The molecule has 120 valence electrons. The average molecular weight is 330 g/mol. The monoisotopic (exact) mass is 330 g/mol. The highest BCUT2D eigenvalue weighted by molar-refractivity contribution is 7.09. The van der Waals surface area contributed by atoms with Gasteiger partial charge in [-0.1, -0.05) is 12.1 Å². The molecular formula is C17H18N2O3S. The number of benzene rings is 1. The molecule has 0 fully saturated rings. The van der Waals surface area contributed by atoms with Crippen molar-refractivity contribution in [1.29, 1.82) is 0 Å². The molecule has 1 unspecified atom stereocenters. The summed E-state index contributed by atoms with van der Waals surface area (Å²) >= 11 is 1.64. The maximum atomic E-state index is 9.93. The van der Waals surface area contributed by atoms with Crippen LogP contribution in [0.4, 0.5) is 0 Å². The zero-order valence-electron chi connectivity index (χ0n) is 12.5. The van der Waals surface area contributed by atoms with Crippen LogP contribution in [0.5, 0.6) is 5.75 Å². The fraction of sp³-hybridized carbons (Fsp3) is 0.235. The molecule has 5 nitrogen and oxygen atoms in total. The molecule has 0 spiro atoms. The van der Waals surface area contributed by atoms with Gasteiger partial charge in [-0.15, -0.1) is 11.3 Å². The van der Waals surface area contributed by atoms with Crippen LogP contribution in [0.25, 0.3) is 5.69 Å². The summed E-state index contributed by atoms with van der Waals surface area (Å²) in [6, 6.07) is 13.4. The third kappa shape index (κ3) is 4.66. The van der Waals surface area contributed by atoms with E-state index in [1.807, 2.05) is 54.0 Å². The van der Waals surface area contributed by atoms with Crippen molar-refractivity contribution in [3.05, 3.63) is 65.1 Å². The number of aliphatic hydroxyl groups is 1. The number of rotatable bonds is 8. The van der Waals surface area contributed by atoms with Crippen molar-refractivity contribution in [3.63, 3.8) is 0 Å². The van der Waals surface area contributed by atoms with Gasteiger partial charge in [0.15, 0.2) is 0 Å². The fourth-order valence-electron chi connectivity index (χ4n) is 2.07. The Balaban J connectivity index is 1.45. The molecule has 0 saturated carbocycles. The average Bonchev–Trinajstić information content (AvgIpc) is 3.27. The highest BCUT2D eigenvalue weighted by Crippen LogP contribution is 2.16. The Morgan fingerprint density at radius 1 is 1.17 bits per heavy atom. The van der Waals surface area contributed by atoms with Gasteiger partial charge in [-0.25, -0.2) is 4.68 Å². The van der Waals surface area contributed by atoms with E-state index in [1.54, 1.807) is 22.2 Å². The lowest BCUT2D eigenvalue weighted by Gasteiger charge is -2.13. The van der Waals surface area contributed by atoms with Crippen LogP contribution in [0.2, 0.25) is 0 Å². The van der Waals surface area contributed by atoms with Crippen LogP contribution in [-0.4, -0.2) is 34.2 Å². The van der Waals surface area contributed by atoms with Gasteiger partial charge < -0.3 is 14.6 Å². The second kappa shape index (κ2) is 7.92. The molecule has 1 aromatic carbocycles. The van der Waals surface area contributed by atoms with Crippen LogP contribution >= 0.6 is 11.3 Å². The van der Waals surface area contributed by atoms with E-state index in [-0.39, 0.29) is 13.2 Å². The molecule has 3 aromatic rings. The molecule has 2 aromatic heterocycles. The minimum atomic E-state index is -0.664. The summed E-state index contributed by atoms with van der Waals surface area (Å²) in [5.41, 5.74) is 0.913. The van der Waals surface area contributed by atoms with Crippen molar-refractivity contribution in [1.82, 2.24) is 9.78 Å². The summed E-state index contributed by atoms with van der Waals surface area (Å²) in [7, 11) is 0. The third-order valence-electron chi connectivity index (χ3n) is 3.16. The van der Waals surface area contributed by atoms with Crippen LogP contribution in [-0.2, 0) is 11.3 Å². The molecule has 0 aliphatic rings. The van der Waals surface area contributed by atoms with E-state index in [0.717, 1.165) is 10.6 Å². The lowest BCUT2D eigenvalue weighted by Crippen LogP contribution is -2.23. The van der Waals surface area contributed by atoms with Crippen LogP contribution in [0, 0.1) is 0 Å². The van der Waals surface area contributed by atoms with Gasteiger partial charge in [-0.3, -0.25) is 0 Å². The minimum Gasteiger partial charge on any atom is -0.491 e. The number of aromatic nitrogens is 2. The Hall–Kier alpha value is -2.15. The summed E-state index contributed by atoms with van der Waals surface area (Å²) in [5.74, 6) is 0.690. The molecule has 0 aliphatic carbocycles. The first kappa shape index (κ1) is 15.7. The first-order valence-electron chi connectivity index (χ1n) is 7.32. The van der Waals surface area contributed by atoms with Crippen molar-refractivity contribution >= 4 is 11.3 Å². The molecule has 1 atom stereocenters. The van der Waals surface area contributed by atoms with E-state index in [0.29, 0.717) is 12.4 Å². The Morgan fingerprint density at radius 2 is 2.13 bits per heavy atom. The summed E-state index contributed by atoms with van der Waals surface area (Å²) in [5, 5.41) is 16.1. The van der Waals surface area contributed by atoms with Gasteiger partial charge in [-0.2, -0.15) is 5.10 Å². The smallest absolute Gasteiger partial charge is 0.121 e. The lowest BCUT2D eigenvalue weighted by molar-refractivity contribution is 0.00625. The molecule has 2 heterocycles. The maximum absolute atomic E-state index is 9.93. The van der Waals surface area contributed by atoms with Crippen molar-refractivity contribution in [3.8, 4) is 11.4 Å². The van der Waals surface area contributed by atoms with Gasteiger partial charge in [-0.05, 0) is 29.6 Å². The van der Waals surface area contributed by atoms with E-state index in [9.17, 15) is 5.11 Å². The molecule has 0 bridgehead atoms. The van der Waals surface area contributed by atoms with Crippen LogP contribution in [0.3, 0.4) is 0 Å². The third-order valence-corrected chi connectivity index (χ3v) is 4.01. The molecule has 3 rings (SSSR count). The lowest BCUT2D eigenvalue weighted by atomic mass is 10.3. The number of ether oxygens (including phenoxy) is 2. The molecule has 0 radical (unpaired) electrons. The molecule has 0 amide bonds. The van der Waals surface area contributed by atoms with Gasteiger partial charge in [0.25, 0.3) is 0 Å². The van der Waals surface area contributed by atoms with Crippen molar-refractivity contribution in [2.45, 2.75) is 12.7 Å². The first-order chi connectivity index (χ1) is 11.3. The predicted molar refractivity (Wildman–Crippen MR) is 89.0 cm³/mol. The van der Waals surface area contributed by atoms with E-state index in [4.69, 9.17) is 9.47 Å². The highest BCUT2D eigenvalue weighted by atomic mass is 32.1. The summed E-state index contributed by atoms with van der Waals surface area (Å²) in [6.07, 6.45) is 2.93. The zero-order chi connectivity index (χ0) is 15.9. The SMILES string of the molecule is OC(COCc1cccs1)COc1cccc(-n2cccn2)c1. The topological polar surface area (TPSA) is 56.5 Å². The van der Waals surface area contributed by atoms with E-state index in [2.05, 4.69) is 5.10 Å². The molecule has 23 heavy (non-hydrogen) atoms. The summed E-state index contributed by atoms with van der Waals surface area (Å²) in [4.78, 5) is 1.14. The Labute approximate surface area is 138 Å². The molecule has 0 aliphatic heterocycles. The summed E-state index contributed by atoms with van der Waals surface area (Å²) in [6.45, 7) is 0.952. The van der Waals surface area contributed by atoms with Crippen molar-refractivity contribution in [2.24, 2.45) is 0 Å². The number of aliphatic hydroxyl groups excluding tert-OH is 1. The molecule has 0 saturated heterocycles. The number of hydrogen-bond acceptors (Lipinski definition) is 5. The summed E-state index contributed by atoms with van der Waals surface area (Å²) < 4.78 is 12.9. The van der Waals surface area contributed by atoms with Gasteiger partial charge in [0.05, 0.1) is 18.9 Å². The normalized spacial score (nSPS) is 12.2. The molecule has 1 N–H and O–H groups in total. The Kier molecular flexibility index (Phi) is 5.42. The van der Waals surface area contributed by atoms with Crippen molar-refractivity contribution in [2.75, 3.05) is 13.2 Å².